The Balaban J connectivity index is 1.64. The van der Waals surface area contributed by atoms with Gasteiger partial charge in [-0.3, -0.25) is 4.79 Å². The summed E-state index contributed by atoms with van der Waals surface area (Å²) in [7, 11) is 0. The summed E-state index contributed by atoms with van der Waals surface area (Å²) in [6, 6.07) is 11.4. The van der Waals surface area contributed by atoms with Crippen molar-refractivity contribution < 1.29 is 23.8 Å². The summed E-state index contributed by atoms with van der Waals surface area (Å²) in [6.07, 6.45) is -0.235. The minimum absolute atomic E-state index is 0.00236. The average Bonchev–Trinajstić information content (AvgIpc) is 2.66. The molecule has 0 bridgehead atoms. The van der Waals surface area contributed by atoms with Gasteiger partial charge in [0.1, 0.15) is 18.8 Å². The Hall–Kier alpha value is -3.08. The molecule has 2 aromatic carbocycles. The molecule has 0 aliphatic carbocycles. The van der Waals surface area contributed by atoms with Gasteiger partial charge >= 0.3 is 5.97 Å². The molecule has 1 heterocycles. The molecule has 1 N–H and O–H groups in total. The third-order valence-corrected chi connectivity index (χ3v) is 3.97. The fraction of sp³-hybridized carbons (Fsp3) is 0.211. The molecule has 1 amide bonds. The third-order valence-electron chi connectivity index (χ3n) is 3.75. The second kappa shape index (κ2) is 8.54. The number of nitriles is 1. The Morgan fingerprint density at radius 1 is 1.26 bits per heavy atom. The highest BCUT2D eigenvalue weighted by atomic mass is 35.5. The van der Waals surface area contributed by atoms with Crippen molar-refractivity contribution in [2.24, 2.45) is 0 Å². The summed E-state index contributed by atoms with van der Waals surface area (Å²) in [5, 5.41) is 11.5. The summed E-state index contributed by atoms with van der Waals surface area (Å²) in [5.74, 6) is -0.317. The van der Waals surface area contributed by atoms with Crippen molar-refractivity contribution in [1.29, 1.82) is 5.26 Å². The number of hydrogen-bond donors (Lipinski definition) is 1. The molecule has 1 aliphatic rings. The molecule has 0 saturated heterocycles. The molecule has 3 rings (SSSR count). The van der Waals surface area contributed by atoms with Gasteiger partial charge in [-0.25, -0.2) is 4.79 Å². The SMILES string of the molecule is N#CCC(=O)Nc1ccc(C(=O)OCc2cc(Cl)cc3c2OCOC3)cc1. The van der Waals surface area contributed by atoms with E-state index in [2.05, 4.69) is 5.32 Å². The number of amides is 1. The van der Waals surface area contributed by atoms with Crippen LogP contribution < -0.4 is 10.1 Å². The maximum Gasteiger partial charge on any atom is 0.338 e. The number of nitrogens with one attached hydrogen (secondary N) is 1. The lowest BCUT2D eigenvalue weighted by atomic mass is 10.1. The van der Waals surface area contributed by atoms with Crippen LogP contribution >= 0.6 is 11.6 Å². The summed E-state index contributed by atoms with van der Waals surface area (Å²) in [6.45, 7) is 0.521. The first-order chi connectivity index (χ1) is 13.1. The number of carbonyl (C=O) groups is 2. The van der Waals surface area contributed by atoms with E-state index in [0.717, 1.165) is 5.56 Å². The van der Waals surface area contributed by atoms with Crippen LogP contribution in [-0.2, 0) is 27.5 Å². The molecule has 0 saturated carbocycles. The maximum absolute atomic E-state index is 12.3. The highest BCUT2D eigenvalue weighted by molar-refractivity contribution is 6.30. The van der Waals surface area contributed by atoms with Crippen LogP contribution in [0.5, 0.6) is 5.75 Å². The number of ether oxygens (including phenoxy) is 3. The number of hydrogen-bond acceptors (Lipinski definition) is 6. The average molecular weight is 387 g/mol. The molecule has 1 aliphatic heterocycles. The van der Waals surface area contributed by atoms with Crippen LogP contribution in [0.3, 0.4) is 0 Å². The van der Waals surface area contributed by atoms with Crippen molar-refractivity contribution in [1.82, 2.24) is 0 Å². The fourth-order valence-corrected chi connectivity index (χ4v) is 2.82. The van der Waals surface area contributed by atoms with Crippen LogP contribution in [0.1, 0.15) is 27.9 Å². The predicted molar refractivity (Wildman–Crippen MR) is 96.2 cm³/mol. The first kappa shape index (κ1) is 18.7. The van der Waals surface area contributed by atoms with E-state index in [1.54, 1.807) is 30.3 Å². The molecule has 8 heteroatoms. The van der Waals surface area contributed by atoms with Gasteiger partial charge in [-0.1, -0.05) is 11.6 Å². The lowest BCUT2D eigenvalue weighted by molar-refractivity contribution is -0.115. The lowest BCUT2D eigenvalue weighted by Gasteiger charge is -2.21. The molecule has 2 aromatic rings. The summed E-state index contributed by atoms with van der Waals surface area (Å²) in [5.41, 5.74) is 2.28. The van der Waals surface area contributed by atoms with E-state index in [1.165, 1.54) is 12.1 Å². The molecule has 0 aromatic heterocycles. The van der Waals surface area contributed by atoms with Gasteiger partial charge in [-0.05, 0) is 36.4 Å². The number of nitrogens with zero attached hydrogens (tertiary/aromatic N) is 1. The van der Waals surface area contributed by atoms with Gasteiger partial charge in [0.2, 0.25) is 5.91 Å². The predicted octanol–water partition coefficient (Wildman–Crippen LogP) is 3.42. The molecule has 0 unspecified atom stereocenters. The van der Waals surface area contributed by atoms with Crippen LogP contribution in [0.4, 0.5) is 5.69 Å². The van der Waals surface area contributed by atoms with E-state index in [4.69, 9.17) is 31.1 Å². The number of benzene rings is 2. The Morgan fingerprint density at radius 3 is 2.78 bits per heavy atom. The van der Waals surface area contributed by atoms with Crippen molar-refractivity contribution in [2.75, 3.05) is 12.1 Å². The smallest absolute Gasteiger partial charge is 0.338 e. The normalized spacial score (nSPS) is 12.3. The van der Waals surface area contributed by atoms with Crippen LogP contribution in [0.2, 0.25) is 5.02 Å². The largest absolute Gasteiger partial charge is 0.467 e. The number of rotatable bonds is 5. The first-order valence-electron chi connectivity index (χ1n) is 8.02. The topological polar surface area (TPSA) is 97.7 Å². The van der Waals surface area contributed by atoms with E-state index in [9.17, 15) is 9.59 Å². The third kappa shape index (κ3) is 4.76. The summed E-state index contributed by atoms with van der Waals surface area (Å²) >= 11 is 6.09. The summed E-state index contributed by atoms with van der Waals surface area (Å²) in [4.78, 5) is 23.6. The van der Waals surface area contributed by atoms with Gasteiger partial charge in [0, 0.05) is 21.8 Å². The van der Waals surface area contributed by atoms with Gasteiger partial charge in [0.15, 0.2) is 6.79 Å². The number of halogens is 1. The highest BCUT2D eigenvalue weighted by Gasteiger charge is 2.18. The molecular formula is C19H15ClN2O5. The zero-order chi connectivity index (χ0) is 19.2. The number of esters is 1. The Kier molecular flexibility index (Phi) is 5.91. The van der Waals surface area contributed by atoms with Crippen LogP contribution in [0, 0.1) is 11.3 Å². The van der Waals surface area contributed by atoms with E-state index in [0.29, 0.717) is 34.2 Å². The van der Waals surface area contributed by atoms with Crippen LogP contribution in [0.25, 0.3) is 0 Å². The van der Waals surface area contributed by atoms with Crippen molar-refractivity contribution in [3.05, 3.63) is 58.1 Å². The van der Waals surface area contributed by atoms with Crippen molar-refractivity contribution in [2.45, 2.75) is 19.6 Å². The zero-order valence-corrected chi connectivity index (χ0v) is 14.9. The van der Waals surface area contributed by atoms with Crippen molar-refractivity contribution >= 4 is 29.2 Å². The number of carbonyl (C=O) groups excluding carboxylic acids is 2. The van der Waals surface area contributed by atoms with Gasteiger partial charge in [0.05, 0.1) is 18.2 Å². The Labute approximate surface area is 160 Å². The quantitative estimate of drug-likeness (QED) is 0.791. The van der Waals surface area contributed by atoms with Crippen LogP contribution in [-0.4, -0.2) is 18.7 Å². The molecular weight excluding hydrogens is 372 g/mol. The number of fused-ring (bicyclic) bond motifs is 1. The van der Waals surface area contributed by atoms with Gasteiger partial charge in [-0.15, -0.1) is 0 Å². The molecule has 27 heavy (non-hydrogen) atoms. The van der Waals surface area contributed by atoms with Gasteiger partial charge in [0.25, 0.3) is 0 Å². The molecule has 0 fully saturated rings. The minimum atomic E-state index is -0.523. The zero-order valence-electron chi connectivity index (χ0n) is 14.2. The highest BCUT2D eigenvalue weighted by Crippen LogP contribution is 2.32. The van der Waals surface area contributed by atoms with E-state index < -0.39 is 11.9 Å². The van der Waals surface area contributed by atoms with Crippen LogP contribution in [0.15, 0.2) is 36.4 Å². The van der Waals surface area contributed by atoms with Crippen molar-refractivity contribution in [3.8, 4) is 11.8 Å². The lowest BCUT2D eigenvalue weighted by Crippen LogP contribution is -2.14. The van der Waals surface area contributed by atoms with E-state index >= 15 is 0 Å². The second-order valence-electron chi connectivity index (χ2n) is 5.70. The first-order valence-corrected chi connectivity index (χ1v) is 8.40. The Bertz CT molecular complexity index is 906. The Morgan fingerprint density at radius 2 is 2.04 bits per heavy atom. The minimum Gasteiger partial charge on any atom is -0.467 e. The van der Waals surface area contributed by atoms with Crippen molar-refractivity contribution in [3.63, 3.8) is 0 Å². The van der Waals surface area contributed by atoms with Gasteiger partial charge < -0.3 is 19.5 Å². The molecule has 0 atom stereocenters. The molecule has 0 radical (unpaired) electrons. The molecule has 7 nitrogen and oxygen atoms in total. The number of anilines is 1. The molecule has 0 spiro atoms. The molecule has 138 valence electrons. The van der Waals surface area contributed by atoms with E-state index in [1.807, 2.05) is 0 Å². The standard InChI is InChI=1S/C19H15ClN2O5/c20-15-7-13-9-25-11-27-18(13)14(8-15)10-26-19(24)12-1-3-16(4-2-12)22-17(23)5-6-21/h1-4,7-8H,5,9-11H2,(H,22,23). The summed E-state index contributed by atoms with van der Waals surface area (Å²) < 4.78 is 16.0. The maximum atomic E-state index is 12.3. The fourth-order valence-electron chi connectivity index (χ4n) is 2.56. The monoisotopic (exact) mass is 386 g/mol. The van der Waals surface area contributed by atoms with E-state index in [-0.39, 0.29) is 19.8 Å². The van der Waals surface area contributed by atoms with Gasteiger partial charge in [-0.2, -0.15) is 5.26 Å². The second-order valence-corrected chi connectivity index (χ2v) is 6.14.